The molecule has 4 nitrogen and oxygen atoms in total. The van der Waals surface area contributed by atoms with E-state index in [1.807, 2.05) is 6.07 Å². The fourth-order valence-electron chi connectivity index (χ4n) is 3.12. The average molecular weight is 297 g/mol. The minimum absolute atomic E-state index is 0.182. The molecule has 2 N–H and O–H groups in total. The monoisotopic (exact) mass is 296 g/mol. The highest BCUT2D eigenvalue weighted by Gasteiger charge is 2.40. The second-order valence-electron chi connectivity index (χ2n) is 5.58. The first-order valence-electron chi connectivity index (χ1n) is 7.22. The molecule has 0 amide bonds. The van der Waals surface area contributed by atoms with E-state index < -0.39 is 0 Å². The quantitative estimate of drug-likeness (QED) is 0.896. The molecular weight excluding hydrogens is 276 g/mol. The maximum absolute atomic E-state index is 10.4. The van der Waals surface area contributed by atoms with E-state index in [0.717, 1.165) is 37.5 Å². The lowest BCUT2D eigenvalue weighted by Gasteiger charge is -2.36. The third-order valence-electron chi connectivity index (χ3n) is 4.26. The molecule has 1 aromatic carbocycles. The number of aromatic hydroxyl groups is 1. The van der Waals surface area contributed by atoms with Crippen molar-refractivity contribution in [3.05, 3.63) is 22.7 Å². The molecule has 0 unspecified atom stereocenters. The van der Waals surface area contributed by atoms with Gasteiger partial charge in [-0.25, -0.2) is 0 Å². The van der Waals surface area contributed by atoms with Gasteiger partial charge in [0, 0.05) is 32.2 Å². The zero-order valence-electron chi connectivity index (χ0n) is 11.7. The maximum Gasteiger partial charge on any atom is 0.142 e. The van der Waals surface area contributed by atoms with Crippen molar-refractivity contribution < 1.29 is 9.84 Å². The van der Waals surface area contributed by atoms with Crippen LogP contribution in [-0.4, -0.2) is 43.3 Å². The Morgan fingerprint density at radius 1 is 1.35 bits per heavy atom. The number of phenols is 1. The number of benzene rings is 1. The Hall–Kier alpha value is -0.970. The van der Waals surface area contributed by atoms with E-state index in [2.05, 4.69) is 10.2 Å². The van der Waals surface area contributed by atoms with Gasteiger partial charge in [-0.3, -0.25) is 4.90 Å². The summed E-state index contributed by atoms with van der Waals surface area (Å²) < 4.78 is 5.47. The van der Waals surface area contributed by atoms with Crippen molar-refractivity contribution in [3.8, 4) is 11.5 Å². The highest BCUT2D eigenvalue weighted by molar-refractivity contribution is 6.32. The largest absolute Gasteiger partial charge is 0.506 e. The van der Waals surface area contributed by atoms with Crippen LogP contribution in [0.15, 0.2) is 12.1 Å². The molecule has 1 aliphatic carbocycles. The van der Waals surface area contributed by atoms with E-state index in [-0.39, 0.29) is 11.8 Å². The van der Waals surface area contributed by atoms with E-state index in [9.17, 15) is 5.11 Å². The van der Waals surface area contributed by atoms with Gasteiger partial charge in [-0.05, 0) is 30.9 Å². The first-order valence-corrected chi connectivity index (χ1v) is 7.60. The topological polar surface area (TPSA) is 44.7 Å². The number of hydrogen-bond acceptors (Lipinski definition) is 4. The summed E-state index contributed by atoms with van der Waals surface area (Å²) in [5.74, 6) is 1.52. The van der Waals surface area contributed by atoms with Crippen LogP contribution in [0, 0.1) is 5.92 Å². The fourth-order valence-corrected chi connectivity index (χ4v) is 3.28. The fraction of sp³-hybridized carbons (Fsp3) is 0.600. The number of phenolic OH excluding ortho intramolecular Hbond substituents is 1. The molecule has 20 heavy (non-hydrogen) atoms. The Morgan fingerprint density at radius 3 is 2.65 bits per heavy atom. The summed E-state index contributed by atoms with van der Waals surface area (Å²) in [4.78, 5) is 2.45. The van der Waals surface area contributed by atoms with Crippen molar-refractivity contribution in [2.75, 3.05) is 33.3 Å². The summed E-state index contributed by atoms with van der Waals surface area (Å²) in [5, 5.41) is 14.2. The van der Waals surface area contributed by atoms with Gasteiger partial charge < -0.3 is 15.2 Å². The van der Waals surface area contributed by atoms with Crippen molar-refractivity contribution in [2.24, 2.45) is 5.92 Å². The predicted molar refractivity (Wildman–Crippen MR) is 79.6 cm³/mol. The van der Waals surface area contributed by atoms with Gasteiger partial charge in [0.05, 0.1) is 17.7 Å². The lowest BCUT2D eigenvalue weighted by molar-refractivity contribution is 0.151. The van der Waals surface area contributed by atoms with Gasteiger partial charge in [-0.1, -0.05) is 11.6 Å². The summed E-state index contributed by atoms with van der Waals surface area (Å²) in [6.45, 7) is 3.98. The van der Waals surface area contributed by atoms with Gasteiger partial charge in [0.25, 0.3) is 0 Å². The number of nitrogens with one attached hydrogen (secondary N) is 1. The minimum atomic E-state index is 0.182. The molecule has 0 spiro atoms. The Bertz CT molecular complexity index is 485. The van der Waals surface area contributed by atoms with Crippen molar-refractivity contribution in [2.45, 2.75) is 18.9 Å². The Morgan fingerprint density at radius 2 is 2.05 bits per heavy atom. The van der Waals surface area contributed by atoms with Crippen LogP contribution >= 0.6 is 11.6 Å². The Balaban J connectivity index is 2.00. The molecule has 1 saturated carbocycles. The van der Waals surface area contributed by atoms with Gasteiger partial charge >= 0.3 is 0 Å². The third kappa shape index (κ3) is 2.60. The van der Waals surface area contributed by atoms with E-state index in [4.69, 9.17) is 16.3 Å². The lowest BCUT2D eigenvalue weighted by atomic mass is 9.97. The standard InChI is InChI=1S/C15H21ClN2O2/c1-20-12-5-4-11(16)15(19)13(12)14(10-2-3-10)18-8-6-17-7-9-18/h4-5,10,14,17,19H,2-3,6-9H2,1H3/t14-/m1/s1. The van der Waals surface area contributed by atoms with Gasteiger partial charge in [0.2, 0.25) is 0 Å². The predicted octanol–water partition coefficient (Wildman–Crippen LogP) is 2.41. The molecule has 1 atom stereocenters. The van der Waals surface area contributed by atoms with Crippen LogP contribution in [0.4, 0.5) is 0 Å². The first-order chi connectivity index (χ1) is 9.72. The number of piperazine rings is 1. The Labute approximate surface area is 124 Å². The van der Waals surface area contributed by atoms with Crippen molar-refractivity contribution >= 4 is 11.6 Å². The summed E-state index contributed by atoms with van der Waals surface area (Å²) >= 11 is 6.11. The normalized spacial score (nSPS) is 21.7. The maximum atomic E-state index is 10.4. The van der Waals surface area contributed by atoms with Crippen LogP contribution < -0.4 is 10.1 Å². The molecule has 1 heterocycles. The highest BCUT2D eigenvalue weighted by Crippen LogP contribution is 2.51. The van der Waals surface area contributed by atoms with Crippen LogP contribution in [0.1, 0.15) is 24.4 Å². The molecule has 2 aliphatic rings. The highest BCUT2D eigenvalue weighted by atomic mass is 35.5. The zero-order chi connectivity index (χ0) is 14.1. The minimum Gasteiger partial charge on any atom is -0.506 e. The molecular formula is C15H21ClN2O2. The Kier molecular flexibility index (Phi) is 4.06. The van der Waals surface area contributed by atoms with Gasteiger partial charge in [-0.2, -0.15) is 0 Å². The number of ether oxygens (including phenoxy) is 1. The second kappa shape index (κ2) is 5.80. The SMILES string of the molecule is COc1ccc(Cl)c(O)c1[C@@H](C1CC1)N1CCNCC1. The molecule has 0 bridgehead atoms. The first kappa shape index (κ1) is 14.0. The molecule has 1 aromatic rings. The molecule has 110 valence electrons. The summed E-state index contributed by atoms with van der Waals surface area (Å²) in [5.41, 5.74) is 0.865. The summed E-state index contributed by atoms with van der Waals surface area (Å²) in [6, 6.07) is 3.77. The second-order valence-corrected chi connectivity index (χ2v) is 5.99. The molecule has 0 radical (unpaired) electrons. The van der Waals surface area contributed by atoms with Crippen LogP contribution in [0.3, 0.4) is 0 Å². The number of halogens is 1. The average Bonchev–Trinajstić information content (AvgIpc) is 3.30. The molecule has 0 aromatic heterocycles. The van der Waals surface area contributed by atoms with Crippen LogP contribution in [0.25, 0.3) is 0 Å². The third-order valence-corrected chi connectivity index (χ3v) is 4.56. The summed E-state index contributed by atoms with van der Waals surface area (Å²) in [6.07, 6.45) is 2.42. The number of methoxy groups -OCH3 is 1. The van der Waals surface area contributed by atoms with E-state index in [0.29, 0.717) is 10.9 Å². The van der Waals surface area contributed by atoms with E-state index >= 15 is 0 Å². The van der Waals surface area contributed by atoms with Crippen molar-refractivity contribution in [1.29, 1.82) is 0 Å². The van der Waals surface area contributed by atoms with Crippen LogP contribution in [0.2, 0.25) is 5.02 Å². The van der Waals surface area contributed by atoms with Gasteiger partial charge in [0.1, 0.15) is 11.5 Å². The van der Waals surface area contributed by atoms with E-state index in [1.54, 1.807) is 13.2 Å². The van der Waals surface area contributed by atoms with Crippen LogP contribution in [-0.2, 0) is 0 Å². The smallest absolute Gasteiger partial charge is 0.142 e. The molecule has 2 fully saturated rings. The van der Waals surface area contributed by atoms with Gasteiger partial charge in [-0.15, -0.1) is 0 Å². The summed E-state index contributed by atoms with van der Waals surface area (Å²) in [7, 11) is 1.65. The number of nitrogens with zero attached hydrogens (tertiary/aromatic N) is 1. The lowest BCUT2D eigenvalue weighted by Crippen LogP contribution is -2.45. The molecule has 1 aliphatic heterocycles. The zero-order valence-corrected chi connectivity index (χ0v) is 12.5. The van der Waals surface area contributed by atoms with Crippen molar-refractivity contribution in [1.82, 2.24) is 10.2 Å². The molecule has 1 saturated heterocycles. The molecule has 5 heteroatoms. The number of rotatable bonds is 4. The van der Waals surface area contributed by atoms with Crippen LogP contribution in [0.5, 0.6) is 11.5 Å². The van der Waals surface area contributed by atoms with Gasteiger partial charge in [0.15, 0.2) is 0 Å². The van der Waals surface area contributed by atoms with Crippen molar-refractivity contribution in [3.63, 3.8) is 0 Å². The molecule has 3 rings (SSSR count). The van der Waals surface area contributed by atoms with E-state index in [1.165, 1.54) is 12.8 Å². The number of hydrogen-bond donors (Lipinski definition) is 2.